The SMILES string of the molecule is Cc1nn(C)c(=O)c(C(=O)N2CCc3cc(Br)cc(F)c32)c1C. The monoisotopic (exact) mass is 379 g/mol. The molecule has 1 aromatic heterocycles. The minimum Gasteiger partial charge on any atom is -0.305 e. The fraction of sp³-hybridized carbons (Fsp3) is 0.312. The van der Waals surface area contributed by atoms with E-state index in [2.05, 4.69) is 21.0 Å². The fourth-order valence-electron chi connectivity index (χ4n) is 2.89. The molecule has 0 atom stereocenters. The Hall–Kier alpha value is -2.02. The number of amides is 1. The summed E-state index contributed by atoms with van der Waals surface area (Å²) in [5.74, 6) is -0.950. The predicted octanol–water partition coefficient (Wildman–Crippen LogP) is 2.50. The largest absolute Gasteiger partial charge is 0.305 e. The van der Waals surface area contributed by atoms with Crippen molar-refractivity contribution in [3.05, 3.63) is 55.2 Å². The average Bonchev–Trinajstić information content (AvgIpc) is 2.89. The van der Waals surface area contributed by atoms with Gasteiger partial charge < -0.3 is 4.90 Å². The van der Waals surface area contributed by atoms with Crippen LogP contribution in [0.1, 0.15) is 27.2 Å². The van der Waals surface area contributed by atoms with Crippen molar-refractivity contribution < 1.29 is 9.18 Å². The molecule has 0 saturated heterocycles. The highest BCUT2D eigenvalue weighted by molar-refractivity contribution is 9.10. The Balaban J connectivity index is 2.14. The van der Waals surface area contributed by atoms with E-state index in [-0.39, 0.29) is 11.3 Å². The third-order valence-electron chi connectivity index (χ3n) is 4.17. The molecular formula is C16H15BrFN3O2. The highest BCUT2D eigenvalue weighted by Gasteiger charge is 2.32. The van der Waals surface area contributed by atoms with Gasteiger partial charge >= 0.3 is 0 Å². The maximum atomic E-state index is 14.3. The molecule has 1 aliphatic rings. The summed E-state index contributed by atoms with van der Waals surface area (Å²) in [5, 5.41) is 4.07. The second-order valence-corrected chi connectivity index (χ2v) is 6.53. The number of rotatable bonds is 1. The lowest BCUT2D eigenvalue weighted by Gasteiger charge is -2.19. The Morgan fingerprint density at radius 3 is 2.74 bits per heavy atom. The number of halogens is 2. The molecule has 0 N–H and O–H groups in total. The molecule has 0 saturated carbocycles. The van der Waals surface area contributed by atoms with Gasteiger partial charge in [-0.1, -0.05) is 15.9 Å². The minimum atomic E-state index is -0.478. The number of carbonyl (C=O) groups is 1. The van der Waals surface area contributed by atoms with E-state index in [9.17, 15) is 14.0 Å². The number of benzene rings is 1. The van der Waals surface area contributed by atoms with Gasteiger partial charge in [-0.2, -0.15) is 5.10 Å². The quantitative estimate of drug-likeness (QED) is 0.764. The van der Waals surface area contributed by atoms with Gasteiger partial charge in [0.1, 0.15) is 11.4 Å². The zero-order valence-corrected chi connectivity index (χ0v) is 14.6. The molecule has 0 bridgehead atoms. The number of hydrogen-bond acceptors (Lipinski definition) is 3. The first kappa shape index (κ1) is 15.9. The summed E-state index contributed by atoms with van der Waals surface area (Å²) in [4.78, 5) is 26.6. The minimum absolute atomic E-state index is 0.0511. The highest BCUT2D eigenvalue weighted by Crippen LogP contribution is 2.34. The van der Waals surface area contributed by atoms with Crippen LogP contribution in [0.25, 0.3) is 0 Å². The molecule has 2 aromatic rings. The number of carbonyl (C=O) groups excluding carboxylic acids is 1. The van der Waals surface area contributed by atoms with Gasteiger partial charge in [0, 0.05) is 18.1 Å². The van der Waals surface area contributed by atoms with E-state index in [1.807, 2.05) is 0 Å². The van der Waals surface area contributed by atoms with Gasteiger partial charge in [-0.15, -0.1) is 0 Å². The van der Waals surface area contributed by atoms with Crippen molar-refractivity contribution in [1.29, 1.82) is 0 Å². The van der Waals surface area contributed by atoms with Crippen molar-refractivity contribution in [3.63, 3.8) is 0 Å². The lowest BCUT2D eigenvalue weighted by Crippen LogP contribution is -2.37. The van der Waals surface area contributed by atoms with Crippen LogP contribution in [0.4, 0.5) is 10.1 Å². The van der Waals surface area contributed by atoms with Crippen molar-refractivity contribution in [2.24, 2.45) is 7.05 Å². The summed E-state index contributed by atoms with van der Waals surface area (Å²) in [7, 11) is 1.50. The summed E-state index contributed by atoms with van der Waals surface area (Å²) >= 11 is 3.25. The van der Waals surface area contributed by atoms with Crippen LogP contribution in [0.2, 0.25) is 0 Å². The van der Waals surface area contributed by atoms with E-state index >= 15 is 0 Å². The van der Waals surface area contributed by atoms with E-state index in [1.165, 1.54) is 18.0 Å². The zero-order chi connectivity index (χ0) is 16.9. The summed E-state index contributed by atoms with van der Waals surface area (Å²) in [6.45, 7) is 3.78. The highest BCUT2D eigenvalue weighted by atomic mass is 79.9. The molecule has 0 unspecified atom stereocenters. The Kier molecular flexibility index (Phi) is 3.83. The maximum absolute atomic E-state index is 14.3. The number of anilines is 1. The molecule has 0 aliphatic carbocycles. The van der Waals surface area contributed by atoms with Gasteiger partial charge in [0.15, 0.2) is 0 Å². The first-order valence-corrected chi connectivity index (χ1v) is 7.95. The molecule has 0 spiro atoms. The number of aromatic nitrogens is 2. The third kappa shape index (κ3) is 2.49. The van der Waals surface area contributed by atoms with Crippen LogP contribution in [0.15, 0.2) is 21.4 Å². The van der Waals surface area contributed by atoms with E-state index in [4.69, 9.17) is 0 Å². The number of hydrogen-bond donors (Lipinski definition) is 0. The van der Waals surface area contributed by atoms with Crippen molar-refractivity contribution in [2.75, 3.05) is 11.4 Å². The first-order valence-electron chi connectivity index (χ1n) is 7.15. The smallest absolute Gasteiger partial charge is 0.279 e. The molecule has 5 nitrogen and oxygen atoms in total. The molecule has 7 heteroatoms. The van der Waals surface area contributed by atoms with Gasteiger partial charge in [-0.3, -0.25) is 9.59 Å². The molecule has 1 amide bonds. The third-order valence-corrected chi connectivity index (χ3v) is 4.62. The second kappa shape index (κ2) is 5.56. The zero-order valence-electron chi connectivity index (χ0n) is 13.0. The Bertz CT molecular complexity index is 892. The van der Waals surface area contributed by atoms with E-state index in [0.717, 1.165) is 10.2 Å². The predicted molar refractivity (Wildman–Crippen MR) is 88.4 cm³/mol. The number of aryl methyl sites for hydroxylation is 2. The molecule has 23 heavy (non-hydrogen) atoms. The lowest BCUT2D eigenvalue weighted by molar-refractivity contribution is 0.0985. The van der Waals surface area contributed by atoms with Gasteiger partial charge in [-0.05, 0) is 43.5 Å². The van der Waals surface area contributed by atoms with Crippen LogP contribution in [-0.2, 0) is 13.5 Å². The Morgan fingerprint density at radius 2 is 2.04 bits per heavy atom. The van der Waals surface area contributed by atoms with Crippen LogP contribution in [0, 0.1) is 19.7 Å². The Morgan fingerprint density at radius 1 is 1.35 bits per heavy atom. The summed E-state index contributed by atoms with van der Waals surface area (Å²) in [5.41, 5.74) is 1.73. The van der Waals surface area contributed by atoms with Crippen LogP contribution >= 0.6 is 15.9 Å². The molecule has 2 heterocycles. The molecule has 1 aromatic carbocycles. The average molecular weight is 380 g/mol. The van der Waals surface area contributed by atoms with E-state index < -0.39 is 17.3 Å². The lowest BCUT2D eigenvalue weighted by atomic mass is 10.1. The molecule has 0 fully saturated rings. The summed E-state index contributed by atoms with van der Waals surface area (Å²) in [6.07, 6.45) is 0.556. The van der Waals surface area contributed by atoms with Crippen LogP contribution in [0.3, 0.4) is 0 Å². The van der Waals surface area contributed by atoms with Gasteiger partial charge in [0.25, 0.3) is 11.5 Å². The van der Waals surface area contributed by atoms with Gasteiger partial charge in [0.05, 0.1) is 11.4 Å². The summed E-state index contributed by atoms with van der Waals surface area (Å²) in [6, 6.07) is 3.13. The number of fused-ring (bicyclic) bond motifs is 1. The molecule has 120 valence electrons. The van der Waals surface area contributed by atoms with E-state index in [1.54, 1.807) is 19.9 Å². The van der Waals surface area contributed by atoms with Crippen molar-refractivity contribution in [3.8, 4) is 0 Å². The van der Waals surface area contributed by atoms with Crippen molar-refractivity contribution in [2.45, 2.75) is 20.3 Å². The second-order valence-electron chi connectivity index (χ2n) is 5.62. The maximum Gasteiger partial charge on any atom is 0.279 e. The molecular weight excluding hydrogens is 365 g/mol. The van der Waals surface area contributed by atoms with E-state index in [0.29, 0.717) is 28.7 Å². The molecule has 1 aliphatic heterocycles. The van der Waals surface area contributed by atoms with Crippen LogP contribution in [-0.4, -0.2) is 22.2 Å². The van der Waals surface area contributed by atoms with Crippen molar-refractivity contribution >= 4 is 27.5 Å². The topological polar surface area (TPSA) is 55.2 Å². The molecule has 0 radical (unpaired) electrons. The van der Waals surface area contributed by atoms with Gasteiger partial charge in [0.2, 0.25) is 0 Å². The van der Waals surface area contributed by atoms with Crippen LogP contribution < -0.4 is 10.5 Å². The Labute approximate surface area is 140 Å². The van der Waals surface area contributed by atoms with Crippen molar-refractivity contribution in [1.82, 2.24) is 9.78 Å². The normalized spacial score (nSPS) is 13.3. The van der Waals surface area contributed by atoms with Gasteiger partial charge in [-0.25, -0.2) is 9.07 Å². The van der Waals surface area contributed by atoms with Crippen LogP contribution in [0.5, 0.6) is 0 Å². The fourth-order valence-corrected chi connectivity index (χ4v) is 3.37. The molecule has 3 rings (SSSR count). The first-order chi connectivity index (χ1) is 10.8. The number of nitrogens with zero attached hydrogens (tertiary/aromatic N) is 3. The summed E-state index contributed by atoms with van der Waals surface area (Å²) < 4.78 is 16.1. The standard InChI is InChI=1S/C16H15BrFN3O2/c1-8-9(2)19-20(3)15(22)13(8)16(23)21-5-4-10-6-11(17)7-12(18)14(10)21/h6-7H,4-5H2,1-3H3.